The van der Waals surface area contributed by atoms with E-state index in [0.29, 0.717) is 13.2 Å². The lowest BCUT2D eigenvalue weighted by Gasteiger charge is -2.26. The number of nitrogens with one attached hydrogen (secondary N) is 1. The molecule has 0 radical (unpaired) electrons. The molecule has 1 amide bonds. The van der Waals surface area contributed by atoms with E-state index in [2.05, 4.69) is 5.32 Å². The van der Waals surface area contributed by atoms with Crippen molar-refractivity contribution in [1.82, 2.24) is 5.32 Å². The summed E-state index contributed by atoms with van der Waals surface area (Å²) in [6.45, 7) is 6.80. The van der Waals surface area contributed by atoms with Crippen LogP contribution < -0.4 is 5.32 Å². The molecule has 1 fully saturated rings. The zero-order valence-electron chi connectivity index (χ0n) is 8.79. The van der Waals surface area contributed by atoms with Gasteiger partial charge < -0.3 is 14.8 Å². The number of hydrogen-bond acceptors (Lipinski definition) is 3. The maximum atomic E-state index is 11.1. The van der Waals surface area contributed by atoms with E-state index in [1.54, 1.807) is 7.11 Å². The van der Waals surface area contributed by atoms with Crippen molar-refractivity contribution < 1.29 is 15.7 Å². The summed E-state index contributed by atoms with van der Waals surface area (Å²) < 4.78 is 10.0. The summed E-state index contributed by atoms with van der Waals surface area (Å²) in [5, 5.41) is 2.77. The van der Waals surface area contributed by atoms with Crippen molar-refractivity contribution in [3.8, 4) is 0 Å². The Morgan fingerprint density at radius 2 is 2.31 bits per heavy atom. The van der Waals surface area contributed by atoms with Crippen LogP contribution >= 0.6 is 0 Å². The third-order valence-electron chi connectivity index (χ3n) is 1.55. The maximum absolute atomic E-state index is 11.1. The fourth-order valence-electron chi connectivity index (χ4n) is 0.989. The normalized spacial score (nSPS) is 27.2. The van der Waals surface area contributed by atoms with Crippen molar-refractivity contribution in [2.24, 2.45) is 0 Å². The highest BCUT2D eigenvalue weighted by Crippen LogP contribution is 2.01. The van der Waals surface area contributed by atoms with Gasteiger partial charge in [0.15, 0.2) is 6.10 Å². The van der Waals surface area contributed by atoms with Crippen LogP contribution in [0.2, 0.25) is 0 Å². The molecule has 1 aliphatic heterocycles. The van der Waals surface area contributed by atoms with Crippen molar-refractivity contribution in [3.63, 3.8) is 0 Å². The highest BCUT2D eigenvalue weighted by Gasteiger charge is 2.25. The van der Waals surface area contributed by atoms with Crippen LogP contribution in [0.5, 0.6) is 0 Å². The average molecular weight is 191 g/mol. The number of rotatable bonds is 2. The molecule has 2 atom stereocenters. The molecule has 0 bridgehead atoms. The molecule has 80 valence electrons. The number of ether oxygens (including phenoxy) is 2. The summed E-state index contributed by atoms with van der Waals surface area (Å²) in [7, 11) is 1.55. The molecule has 0 aromatic carbocycles. The second-order valence-corrected chi connectivity index (χ2v) is 2.69. The Labute approximate surface area is 81.1 Å². The van der Waals surface area contributed by atoms with E-state index in [4.69, 9.17) is 9.47 Å². The third-order valence-corrected chi connectivity index (χ3v) is 1.55. The number of morpholine rings is 1. The summed E-state index contributed by atoms with van der Waals surface area (Å²) in [6.07, 6.45) is -0.420. The molecule has 0 aromatic heterocycles. The minimum Gasteiger partial charge on any atom is -0.381 e. The number of carbonyl (C=O) groups is 1. The van der Waals surface area contributed by atoms with Crippen LogP contribution in [0.1, 0.15) is 22.2 Å². The van der Waals surface area contributed by atoms with Crippen LogP contribution in [0, 0.1) is 0 Å². The van der Waals surface area contributed by atoms with E-state index >= 15 is 0 Å². The van der Waals surface area contributed by atoms with E-state index in [1.165, 1.54) is 0 Å². The summed E-state index contributed by atoms with van der Waals surface area (Å²) >= 11 is 0. The second kappa shape index (κ2) is 6.86. The molecular formula is C9H21NO3. The van der Waals surface area contributed by atoms with E-state index in [1.807, 2.05) is 20.8 Å². The number of amides is 1. The fraction of sp³-hybridized carbons (Fsp3) is 0.889. The zero-order chi connectivity index (χ0) is 10.3. The second-order valence-electron chi connectivity index (χ2n) is 2.69. The molecule has 4 nitrogen and oxygen atoms in total. The van der Waals surface area contributed by atoms with Crippen LogP contribution in [0.4, 0.5) is 0 Å². The Balaban J connectivity index is 0. The minimum atomic E-state index is -0.420. The number of carbonyl (C=O) groups excluding carboxylic acids is 1. The Bertz CT molecular complexity index is 155. The third kappa shape index (κ3) is 4.24. The van der Waals surface area contributed by atoms with Gasteiger partial charge in [0.25, 0.3) is 5.91 Å². The molecule has 2 unspecified atom stereocenters. The molecule has 1 N–H and O–H groups in total. The summed E-state index contributed by atoms with van der Waals surface area (Å²) in [5.74, 6) is -0.0781. The van der Waals surface area contributed by atoms with Crippen molar-refractivity contribution in [3.05, 3.63) is 0 Å². The van der Waals surface area contributed by atoms with Gasteiger partial charge in [-0.15, -0.1) is 0 Å². The van der Waals surface area contributed by atoms with Crippen molar-refractivity contribution in [1.29, 1.82) is 0 Å². The molecule has 0 aromatic rings. The quantitative estimate of drug-likeness (QED) is 0.702. The van der Waals surface area contributed by atoms with Crippen molar-refractivity contribution in [2.45, 2.75) is 32.9 Å². The minimum absolute atomic E-state index is 0. The van der Waals surface area contributed by atoms with Gasteiger partial charge in [-0.3, -0.25) is 4.79 Å². The van der Waals surface area contributed by atoms with E-state index in [9.17, 15) is 4.79 Å². The molecule has 4 heteroatoms. The Morgan fingerprint density at radius 3 is 2.77 bits per heavy atom. The van der Waals surface area contributed by atoms with Gasteiger partial charge in [-0.2, -0.15) is 0 Å². The Morgan fingerprint density at radius 1 is 1.69 bits per heavy atom. The van der Waals surface area contributed by atoms with E-state index in [0.717, 1.165) is 0 Å². The molecule has 1 saturated heterocycles. The van der Waals surface area contributed by atoms with Crippen LogP contribution in [-0.2, 0) is 14.3 Å². The summed E-state index contributed by atoms with van der Waals surface area (Å²) in [6, 6.07) is 0.121. The lowest BCUT2D eigenvalue weighted by molar-refractivity contribution is -0.144. The first-order chi connectivity index (χ1) is 6.24. The number of methoxy groups -OCH3 is 1. The van der Waals surface area contributed by atoms with Gasteiger partial charge in [-0.1, -0.05) is 13.8 Å². The van der Waals surface area contributed by atoms with Gasteiger partial charge in [0, 0.05) is 14.6 Å². The first-order valence-electron chi connectivity index (χ1n) is 4.65. The van der Waals surface area contributed by atoms with Gasteiger partial charge in [0.1, 0.15) is 0 Å². The monoisotopic (exact) mass is 191 g/mol. The zero-order valence-corrected chi connectivity index (χ0v) is 8.79. The van der Waals surface area contributed by atoms with Crippen molar-refractivity contribution in [2.75, 3.05) is 20.3 Å². The Kier molecular flexibility index (Phi) is 6.54. The van der Waals surface area contributed by atoms with Gasteiger partial charge >= 0.3 is 0 Å². The van der Waals surface area contributed by atoms with E-state index < -0.39 is 6.10 Å². The van der Waals surface area contributed by atoms with Crippen LogP contribution in [0.3, 0.4) is 0 Å². The predicted octanol–water partition coefficient (Wildman–Crippen LogP) is 0.808. The van der Waals surface area contributed by atoms with Gasteiger partial charge in [0.2, 0.25) is 0 Å². The molecule has 1 rings (SSSR count). The van der Waals surface area contributed by atoms with Gasteiger partial charge in [-0.05, 0) is 6.92 Å². The average Bonchev–Trinajstić information content (AvgIpc) is 2.14. The van der Waals surface area contributed by atoms with Gasteiger partial charge in [-0.25, -0.2) is 0 Å². The molecule has 0 spiro atoms. The molecule has 0 aliphatic carbocycles. The standard InChI is InChI=1S/C7H13NO3.C2H6.H2/c1-5-3-11-6(4-10-2)7(9)8-5;1-2;/h5-6H,3-4H2,1-2H3,(H,8,9);1-2H3;1H. The number of hydrogen-bond donors (Lipinski definition) is 1. The molecule has 13 heavy (non-hydrogen) atoms. The first kappa shape index (κ1) is 12.4. The summed E-state index contributed by atoms with van der Waals surface area (Å²) in [5.41, 5.74) is 0. The highest BCUT2D eigenvalue weighted by molar-refractivity contribution is 5.81. The van der Waals surface area contributed by atoms with Crippen LogP contribution in [-0.4, -0.2) is 38.4 Å². The SMILES string of the molecule is CC.COCC1OCC(C)NC1=O.[HH]. The highest BCUT2D eigenvalue weighted by atomic mass is 16.5. The lowest BCUT2D eigenvalue weighted by Crippen LogP contribution is -2.51. The van der Waals surface area contributed by atoms with E-state index in [-0.39, 0.29) is 13.4 Å². The maximum Gasteiger partial charge on any atom is 0.251 e. The molecule has 1 aliphatic rings. The lowest BCUT2D eigenvalue weighted by atomic mass is 10.2. The van der Waals surface area contributed by atoms with Crippen LogP contribution in [0.15, 0.2) is 0 Å². The summed E-state index contributed by atoms with van der Waals surface area (Å²) in [4.78, 5) is 11.1. The largest absolute Gasteiger partial charge is 0.381 e. The predicted molar refractivity (Wildman–Crippen MR) is 52.7 cm³/mol. The smallest absolute Gasteiger partial charge is 0.251 e. The molecular weight excluding hydrogens is 170 g/mol. The first-order valence-corrected chi connectivity index (χ1v) is 4.65. The topological polar surface area (TPSA) is 47.6 Å². The molecule has 1 heterocycles. The van der Waals surface area contributed by atoms with Crippen LogP contribution in [0.25, 0.3) is 0 Å². The fourth-order valence-corrected chi connectivity index (χ4v) is 0.989. The van der Waals surface area contributed by atoms with Crippen molar-refractivity contribution >= 4 is 5.91 Å². The van der Waals surface area contributed by atoms with Gasteiger partial charge in [0.05, 0.1) is 13.2 Å². The molecule has 0 saturated carbocycles. The Hall–Kier alpha value is -0.610.